The fourth-order valence-electron chi connectivity index (χ4n) is 3.24. The lowest BCUT2D eigenvalue weighted by molar-refractivity contribution is 0.198. The number of anilines is 1. The first kappa shape index (κ1) is 15.0. The second kappa shape index (κ2) is 6.93. The van der Waals surface area contributed by atoms with E-state index in [1.807, 2.05) is 0 Å². The Bertz CT molecular complexity index is 597. The average molecular weight is 295 g/mol. The van der Waals surface area contributed by atoms with Gasteiger partial charge >= 0.3 is 0 Å². The van der Waals surface area contributed by atoms with Crippen molar-refractivity contribution in [2.45, 2.75) is 32.4 Å². The van der Waals surface area contributed by atoms with E-state index < -0.39 is 0 Å². The van der Waals surface area contributed by atoms with Crippen molar-refractivity contribution < 1.29 is 0 Å². The second-order valence-electron chi connectivity index (χ2n) is 6.26. The summed E-state index contributed by atoms with van der Waals surface area (Å²) < 4.78 is 0. The summed E-state index contributed by atoms with van der Waals surface area (Å²) in [6.07, 6.45) is 2.51. The highest BCUT2D eigenvalue weighted by atomic mass is 15.2. The van der Waals surface area contributed by atoms with Crippen molar-refractivity contribution in [3.05, 3.63) is 59.8 Å². The van der Waals surface area contributed by atoms with Crippen molar-refractivity contribution in [1.82, 2.24) is 9.88 Å². The Morgan fingerprint density at radius 2 is 1.95 bits per heavy atom. The van der Waals surface area contributed by atoms with Gasteiger partial charge in [-0.1, -0.05) is 36.4 Å². The van der Waals surface area contributed by atoms with Gasteiger partial charge in [-0.15, -0.1) is 0 Å². The molecule has 1 unspecified atom stereocenters. The molecule has 0 amide bonds. The van der Waals surface area contributed by atoms with Gasteiger partial charge in [-0.25, -0.2) is 4.98 Å². The molecule has 1 aliphatic heterocycles. The van der Waals surface area contributed by atoms with E-state index in [2.05, 4.69) is 77.3 Å². The third-order valence-corrected chi connectivity index (χ3v) is 4.51. The van der Waals surface area contributed by atoms with E-state index in [0.717, 1.165) is 24.6 Å². The Labute approximate surface area is 133 Å². The number of likely N-dealkylation sites (N-methyl/N-ethyl adjacent to an activating group) is 1. The molecule has 0 spiro atoms. The molecule has 3 rings (SSSR count). The number of rotatable bonds is 4. The van der Waals surface area contributed by atoms with Gasteiger partial charge in [0.1, 0.15) is 5.82 Å². The van der Waals surface area contributed by atoms with Crippen LogP contribution in [0.15, 0.2) is 48.5 Å². The molecule has 0 aliphatic carbocycles. The maximum absolute atomic E-state index is 4.66. The molecule has 3 heteroatoms. The van der Waals surface area contributed by atoms with Crippen molar-refractivity contribution in [2.24, 2.45) is 0 Å². The van der Waals surface area contributed by atoms with Crippen LogP contribution in [-0.4, -0.2) is 36.1 Å². The van der Waals surface area contributed by atoms with Crippen LogP contribution < -0.4 is 4.90 Å². The summed E-state index contributed by atoms with van der Waals surface area (Å²) in [5.41, 5.74) is 2.49. The summed E-state index contributed by atoms with van der Waals surface area (Å²) in [6, 6.07) is 17.6. The largest absolute Gasteiger partial charge is 0.355 e. The van der Waals surface area contributed by atoms with Crippen LogP contribution in [0, 0.1) is 6.92 Å². The highest BCUT2D eigenvalue weighted by molar-refractivity contribution is 5.39. The van der Waals surface area contributed by atoms with Crippen molar-refractivity contribution in [3.8, 4) is 0 Å². The minimum absolute atomic E-state index is 0.548. The number of pyridine rings is 1. The van der Waals surface area contributed by atoms with Gasteiger partial charge in [-0.2, -0.15) is 0 Å². The van der Waals surface area contributed by atoms with Gasteiger partial charge in [0.25, 0.3) is 0 Å². The van der Waals surface area contributed by atoms with E-state index in [0.29, 0.717) is 6.04 Å². The van der Waals surface area contributed by atoms with Crippen molar-refractivity contribution in [3.63, 3.8) is 0 Å². The van der Waals surface area contributed by atoms with Crippen molar-refractivity contribution in [1.29, 1.82) is 0 Å². The van der Waals surface area contributed by atoms with Crippen molar-refractivity contribution >= 4 is 5.82 Å². The summed E-state index contributed by atoms with van der Waals surface area (Å²) in [5.74, 6) is 1.09. The molecular formula is C19H25N3. The second-order valence-corrected chi connectivity index (χ2v) is 6.26. The van der Waals surface area contributed by atoms with Gasteiger partial charge in [0, 0.05) is 31.9 Å². The van der Waals surface area contributed by atoms with E-state index in [9.17, 15) is 0 Å². The molecular weight excluding hydrogens is 270 g/mol. The molecule has 116 valence electrons. The third kappa shape index (κ3) is 3.66. The van der Waals surface area contributed by atoms with Crippen LogP contribution in [0.25, 0.3) is 0 Å². The van der Waals surface area contributed by atoms with E-state index in [-0.39, 0.29) is 0 Å². The number of likely N-dealkylation sites (tertiary alicyclic amines) is 1. The minimum Gasteiger partial charge on any atom is -0.355 e. The van der Waals surface area contributed by atoms with E-state index in [1.165, 1.54) is 24.9 Å². The number of nitrogens with zero attached hydrogens (tertiary/aromatic N) is 3. The smallest absolute Gasteiger partial charge is 0.128 e. The first-order valence-electron chi connectivity index (χ1n) is 8.15. The summed E-state index contributed by atoms with van der Waals surface area (Å²) in [4.78, 5) is 9.58. The summed E-state index contributed by atoms with van der Waals surface area (Å²) in [7, 11) is 2.18. The van der Waals surface area contributed by atoms with Crippen LogP contribution in [0.5, 0.6) is 0 Å². The molecule has 1 saturated heterocycles. The molecule has 1 aromatic heterocycles. The topological polar surface area (TPSA) is 19.4 Å². The summed E-state index contributed by atoms with van der Waals surface area (Å²) in [5, 5.41) is 0. The maximum atomic E-state index is 4.66. The normalized spacial score (nSPS) is 19.1. The van der Waals surface area contributed by atoms with Crippen LogP contribution >= 0.6 is 0 Å². The van der Waals surface area contributed by atoms with E-state index in [1.54, 1.807) is 0 Å². The standard InChI is InChI=1S/C19H25N3/c1-16-8-6-12-19(20-16)21(2)18-11-7-13-22(15-18)14-17-9-4-3-5-10-17/h3-6,8-10,12,18H,7,11,13-15H2,1-2H3. The Morgan fingerprint density at radius 3 is 2.73 bits per heavy atom. The monoisotopic (exact) mass is 295 g/mol. The Morgan fingerprint density at radius 1 is 1.14 bits per heavy atom. The van der Waals surface area contributed by atoms with Crippen LogP contribution in [0.4, 0.5) is 5.82 Å². The molecule has 0 bridgehead atoms. The number of aromatic nitrogens is 1. The minimum atomic E-state index is 0.548. The summed E-state index contributed by atoms with van der Waals surface area (Å²) >= 11 is 0. The van der Waals surface area contributed by atoms with Crippen LogP contribution in [0.1, 0.15) is 24.1 Å². The number of hydrogen-bond acceptors (Lipinski definition) is 3. The molecule has 2 aromatic rings. The lowest BCUT2D eigenvalue weighted by Crippen LogP contribution is -2.46. The van der Waals surface area contributed by atoms with Crippen LogP contribution in [-0.2, 0) is 6.54 Å². The highest BCUT2D eigenvalue weighted by Gasteiger charge is 2.24. The first-order valence-corrected chi connectivity index (χ1v) is 8.15. The lowest BCUT2D eigenvalue weighted by Gasteiger charge is -2.38. The predicted molar refractivity (Wildman–Crippen MR) is 92.1 cm³/mol. The number of benzene rings is 1. The molecule has 1 aromatic carbocycles. The molecule has 0 saturated carbocycles. The van der Waals surface area contributed by atoms with Gasteiger partial charge in [0.05, 0.1) is 0 Å². The molecule has 0 N–H and O–H groups in total. The van der Waals surface area contributed by atoms with Gasteiger partial charge in [0.15, 0.2) is 0 Å². The van der Waals surface area contributed by atoms with Crippen molar-refractivity contribution in [2.75, 3.05) is 25.0 Å². The molecule has 22 heavy (non-hydrogen) atoms. The maximum Gasteiger partial charge on any atom is 0.128 e. The first-order chi connectivity index (χ1) is 10.7. The fourth-order valence-corrected chi connectivity index (χ4v) is 3.24. The molecule has 1 atom stereocenters. The number of aryl methyl sites for hydroxylation is 1. The number of piperidine rings is 1. The number of hydrogen-bond donors (Lipinski definition) is 0. The van der Waals surface area contributed by atoms with Gasteiger partial charge in [-0.3, -0.25) is 4.90 Å². The quantitative estimate of drug-likeness (QED) is 0.860. The Kier molecular flexibility index (Phi) is 4.74. The molecule has 1 fully saturated rings. The Balaban J connectivity index is 1.65. The SMILES string of the molecule is Cc1cccc(N(C)C2CCCN(Cc3ccccc3)C2)n1. The van der Waals surface area contributed by atoms with Crippen LogP contribution in [0.2, 0.25) is 0 Å². The van der Waals surface area contributed by atoms with Gasteiger partial charge in [0.2, 0.25) is 0 Å². The zero-order chi connectivity index (χ0) is 15.4. The summed E-state index contributed by atoms with van der Waals surface area (Å²) in [6.45, 7) is 5.41. The van der Waals surface area contributed by atoms with Gasteiger partial charge < -0.3 is 4.90 Å². The fraction of sp³-hybridized carbons (Fsp3) is 0.421. The zero-order valence-corrected chi connectivity index (χ0v) is 13.6. The van der Waals surface area contributed by atoms with Gasteiger partial charge in [-0.05, 0) is 44.0 Å². The highest BCUT2D eigenvalue weighted by Crippen LogP contribution is 2.21. The molecule has 0 radical (unpaired) electrons. The molecule has 3 nitrogen and oxygen atoms in total. The average Bonchev–Trinajstić information content (AvgIpc) is 2.55. The predicted octanol–water partition coefficient (Wildman–Crippen LogP) is 3.49. The zero-order valence-electron chi connectivity index (χ0n) is 13.6. The van der Waals surface area contributed by atoms with E-state index >= 15 is 0 Å². The van der Waals surface area contributed by atoms with Crippen LogP contribution in [0.3, 0.4) is 0 Å². The Hall–Kier alpha value is -1.87. The third-order valence-electron chi connectivity index (χ3n) is 4.51. The van der Waals surface area contributed by atoms with E-state index in [4.69, 9.17) is 0 Å². The molecule has 1 aliphatic rings. The molecule has 2 heterocycles. The lowest BCUT2D eigenvalue weighted by atomic mass is 10.0.